The number of carbonyl (C=O) groups is 2. The number of carbonyl (C=O) groups excluding carboxylic acids is 2. The van der Waals surface area contributed by atoms with E-state index in [0.717, 1.165) is 12.8 Å². The number of amides is 1. The van der Waals surface area contributed by atoms with Gasteiger partial charge in [0.1, 0.15) is 5.75 Å². The van der Waals surface area contributed by atoms with Crippen LogP contribution in [0.2, 0.25) is 0 Å². The second kappa shape index (κ2) is 7.82. The molecule has 2 rings (SSSR count). The monoisotopic (exact) mass is 305 g/mol. The quantitative estimate of drug-likeness (QED) is 0.850. The number of methoxy groups -OCH3 is 1. The van der Waals surface area contributed by atoms with E-state index < -0.39 is 12.1 Å². The number of nitrogens with one attached hydrogen (secondary N) is 1. The van der Waals surface area contributed by atoms with Gasteiger partial charge in [-0.15, -0.1) is 0 Å². The zero-order valence-corrected chi connectivity index (χ0v) is 13.1. The van der Waals surface area contributed by atoms with Crippen LogP contribution < -0.4 is 10.1 Å². The Labute approximate surface area is 131 Å². The molecule has 120 valence electrons. The zero-order chi connectivity index (χ0) is 15.9. The molecule has 0 heterocycles. The molecule has 1 aliphatic rings. The molecule has 5 heteroatoms. The van der Waals surface area contributed by atoms with Gasteiger partial charge in [0.15, 0.2) is 6.10 Å². The summed E-state index contributed by atoms with van der Waals surface area (Å²) in [6.07, 6.45) is 5.14. The van der Waals surface area contributed by atoms with Gasteiger partial charge in [-0.2, -0.15) is 0 Å². The maximum atomic E-state index is 12.1. The van der Waals surface area contributed by atoms with Gasteiger partial charge in [-0.1, -0.05) is 19.3 Å². The van der Waals surface area contributed by atoms with Gasteiger partial charge in [-0.05, 0) is 44.0 Å². The van der Waals surface area contributed by atoms with E-state index in [0.29, 0.717) is 11.3 Å². The number of benzene rings is 1. The Morgan fingerprint density at radius 2 is 1.77 bits per heavy atom. The summed E-state index contributed by atoms with van der Waals surface area (Å²) in [6, 6.07) is 6.83. The second-order valence-electron chi connectivity index (χ2n) is 5.62. The molecule has 1 unspecified atom stereocenters. The molecular formula is C17H23NO4. The average Bonchev–Trinajstić information content (AvgIpc) is 2.55. The Balaban J connectivity index is 1.86. The Hall–Kier alpha value is -2.04. The fourth-order valence-corrected chi connectivity index (χ4v) is 2.61. The maximum Gasteiger partial charge on any atom is 0.337 e. The lowest BCUT2D eigenvalue weighted by molar-refractivity contribution is -0.128. The van der Waals surface area contributed by atoms with Crippen molar-refractivity contribution in [1.82, 2.24) is 5.32 Å². The minimum absolute atomic E-state index is 0.0936. The first-order valence-electron chi connectivity index (χ1n) is 7.75. The third-order valence-electron chi connectivity index (χ3n) is 3.91. The third-order valence-corrected chi connectivity index (χ3v) is 3.91. The number of hydrogen-bond donors (Lipinski definition) is 1. The van der Waals surface area contributed by atoms with Crippen molar-refractivity contribution in [1.29, 1.82) is 0 Å². The van der Waals surface area contributed by atoms with Gasteiger partial charge in [0.05, 0.1) is 12.7 Å². The van der Waals surface area contributed by atoms with Gasteiger partial charge in [0.25, 0.3) is 5.91 Å². The highest BCUT2D eigenvalue weighted by Gasteiger charge is 2.20. The highest BCUT2D eigenvalue weighted by Crippen LogP contribution is 2.18. The van der Waals surface area contributed by atoms with Crippen molar-refractivity contribution in [2.24, 2.45) is 0 Å². The molecular weight excluding hydrogens is 282 g/mol. The summed E-state index contributed by atoms with van der Waals surface area (Å²) >= 11 is 0. The van der Waals surface area contributed by atoms with E-state index in [-0.39, 0.29) is 11.9 Å². The van der Waals surface area contributed by atoms with Crippen molar-refractivity contribution in [3.8, 4) is 5.75 Å². The molecule has 1 saturated carbocycles. The van der Waals surface area contributed by atoms with E-state index in [1.807, 2.05) is 0 Å². The van der Waals surface area contributed by atoms with Crippen LogP contribution in [0.4, 0.5) is 0 Å². The Bertz CT molecular complexity index is 506. The highest BCUT2D eigenvalue weighted by atomic mass is 16.5. The molecule has 1 aliphatic carbocycles. The van der Waals surface area contributed by atoms with Crippen LogP contribution in [0.1, 0.15) is 49.4 Å². The number of esters is 1. The standard InChI is InChI=1S/C17H23NO4/c1-12(16(19)18-14-6-4-3-5-7-14)22-15-10-8-13(9-11-15)17(20)21-2/h8-12,14H,3-7H2,1-2H3,(H,18,19). The molecule has 1 amide bonds. The predicted octanol–water partition coefficient (Wildman–Crippen LogP) is 2.69. The molecule has 1 N–H and O–H groups in total. The summed E-state index contributed by atoms with van der Waals surface area (Å²) in [5, 5.41) is 3.04. The van der Waals surface area contributed by atoms with Crippen molar-refractivity contribution >= 4 is 11.9 Å². The van der Waals surface area contributed by atoms with E-state index in [4.69, 9.17) is 4.74 Å². The van der Waals surface area contributed by atoms with Gasteiger partial charge in [0, 0.05) is 6.04 Å². The molecule has 0 bridgehead atoms. The van der Waals surface area contributed by atoms with Crippen LogP contribution >= 0.6 is 0 Å². The zero-order valence-electron chi connectivity index (χ0n) is 13.1. The first-order chi connectivity index (χ1) is 10.6. The van der Waals surface area contributed by atoms with E-state index in [9.17, 15) is 9.59 Å². The first-order valence-corrected chi connectivity index (χ1v) is 7.75. The maximum absolute atomic E-state index is 12.1. The van der Waals surface area contributed by atoms with Crippen molar-refractivity contribution in [3.05, 3.63) is 29.8 Å². The Kier molecular flexibility index (Phi) is 5.81. The average molecular weight is 305 g/mol. The van der Waals surface area contributed by atoms with Crippen LogP contribution in [-0.4, -0.2) is 31.1 Å². The molecule has 0 aliphatic heterocycles. The van der Waals surface area contributed by atoms with E-state index in [1.165, 1.54) is 26.4 Å². The Morgan fingerprint density at radius 3 is 2.36 bits per heavy atom. The van der Waals surface area contributed by atoms with Crippen LogP contribution in [0.5, 0.6) is 5.75 Å². The Morgan fingerprint density at radius 1 is 1.14 bits per heavy atom. The second-order valence-corrected chi connectivity index (χ2v) is 5.62. The highest BCUT2D eigenvalue weighted by molar-refractivity contribution is 5.89. The fraction of sp³-hybridized carbons (Fsp3) is 0.529. The topological polar surface area (TPSA) is 64.6 Å². The summed E-state index contributed by atoms with van der Waals surface area (Å²) in [5.41, 5.74) is 0.453. The van der Waals surface area contributed by atoms with Crippen LogP contribution in [0.25, 0.3) is 0 Å². The van der Waals surface area contributed by atoms with Gasteiger partial charge in [-0.25, -0.2) is 4.79 Å². The molecule has 5 nitrogen and oxygen atoms in total. The lowest BCUT2D eigenvalue weighted by Crippen LogP contribution is -2.43. The van der Waals surface area contributed by atoms with Gasteiger partial charge in [-0.3, -0.25) is 4.79 Å². The lowest BCUT2D eigenvalue weighted by Gasteiger charge is -2.24. The number of rotatable bonds is 5. The van der Waals surface area contributed by atoms with Crippen molar-refractivity contribution in [2.45, 2.75) is 51.2 Å². The minimum atomic E-state index is -0.564. The largest absolute Gasteiger partial charge is 0.481 e. The van der Waals surface area contributed by atoms with Crippen molar-refractivity contribution in [3.63, 3.8) is 0 Å². The smallest absolute Gasteiger partial charge is 0.337 e. The molecule has 22 heavy (non-hydrogen) atoms. The minimum Gasteiger partial charge on any atom is -0.481 e. The van der Waals surface area contributed by atoms with E-state index >= 15 is 0 Å². The molecule has 0 saturated heterocycles. The van der Waals surface area contributed by atoms with Crippen LogP contribution in [0, 0.1) is 0 Å². The molecule has 0 spiro atoms. The van der Waals surface area contributed by atoms with Gasteiger partial charge in [0.2, 0.25) is 0 Å². The van der Waals surface area contributed by atoms with Crippen molar-refractivity contribution in [2.75, 3.05) is 7.11 Å². The van der Waals surface area contributed by atoms with Gasteiger partial charge >= 0.3 is 5.97 Å². The normalized spacial score (nSPS) is 16.6. The molecule has 1 fully saturated rings. The molecule has 0 radical (unpaired) electrons. The van der Waals surface area contributed by atoms with Crippen molar-refractivity contribution < 1.29 is 19.1 Å². The number of ether oxygens (including phenoxy) is 2. The van der Waals surface area contributed by atoms with Gasteiger partial charge < -0.3 is 14.8 Å². The summed E-state index contributed by atoms with van der Waals surface area (Å²) in [6.45, 7) is 1.73. The molecule has 1 aromatic rings. The molecule has 1 atom stereocenters. The SMILES string of the molecule is COC(=O)c1ccc(OC(C)C(=O)NC2CCCCC2)cc1. The van der Waals surface area contributed by atoms with Crippen LogP contribution in [-0.2, 0) is 9.53 Å². The summed E-state index contributed by atoms with van der Waals surface area (Å²) < 4.78 is 10.3. The van der Waals surface area contributed by atoms with Crippen LogP contribution in [0.15, 0.2) is 24.3 Å². The van der Waals surface area contributed by atoms with E-state index in [1.54, 1.807) is 31.2 Å². The summed E-state index contributed by atoms with van der Waals surface area (Å²) in [7, 11) is 1.34. The van der Waals surface area contributed by atoms with E-state index in [2.05, 4.69) is 10.1 Å². The summed E-state index contributed by atoms with van der Waals surface area (Å²) in [5.74, 6) is 0.0672. The predicted molar refractivity (Wildman–Crippen MR) is 82.9 cm³/mol. The van der Waals surface area contributed by atoms with Crippen LogP contribution in [0.3, 0.4) is 0 Å². The third kappa shape index (κ3) is 4.48. The molecule has 1 aromatic carbocycles. The fourth-order valence-electron chi connectivity index (χ4n) is 2.61. The number of hydrogen-bond acceptors (Lipinski definition) is 4. The first kappa shape index (κ1) is 16.3. The lowest BCUT2D eigenvalue weighted by atomic mass is 9.95. The summed E-state index contributed by atoms with van der Waals surface area (Å²) in [4.78, 5) is 23.5. The molecule has 0 aromatic heterocycles.